The van der Waals surface area contributed by atoms with Gasteiger partial charge in [-0.15, -0.1) is 0 Å². The first-order chi connectivity index (χ1) is 10.1. The summed E-state index contributed by atoms with van der Waals surface area (Å²) in [6.45, 7) is 2.28. The summed E-state index contributed by atoms with van der Waals surface area (Å²) in [6.07, 6.45) is 2.12. The molecular weight excluding hydrogens is 268 g/mol. The Morgan fingerprint density at radius 3 is 2.76 bits per heavy atom. The summed E-state index contributed by atoms with van der Waals surface area (Å²) in [4.78, 5) is 29.8. The van der Waals surface area contributed by atoms with Crippen LogP contribution < -0.4 is 0 Å². The molecule has 2 unspecified atom stereocenters. The van der Waals surface area contributed by atoms with Crippen LogP contribution in [-0.4, -0.2) is 39.5 Å². The van der Waals surface area contributed by atoms with E-state index in [1.165, 1.54) is 0 Å². The van der Waals surface area contributed by atoms with Gasteiger partial charge in [-0.1, -0.05) is 18.2 Å². The van der Waals surface area contributed by atoms with Crippen molar-refractivity contribution in [1.29, 1.82) is 0 Å². The molecule has 1 aromatic heterocycles. The van der Waals surface area contributed by atoms with Gasteiger partial charge in [0.25, 0.3) is 5.91 Å². The lowest BCUT2D eigenvalue weighted by molar-refractivity contribution is -0.142. The van der Waals surface area contributed by atoms with Crippen LogP contribution in [0.15, 0.2) is 36.5 Å². The zero-order chi connectivity index (χ0) is 15.0. The van der Waals surface area contributed by atoms with Gasteiger partial charge in [0.05, 0.1) is 17.0 Å². The number of likely N-dealkylation sites (tertiary alicyclic amines) is 1. The normalized spacial score (nSPS) is 21.7. The van der Waals surface area contributed by atoms with Crippen molar-refractivity contribution in [2.24, 2.45) is 5.92 Å². The molecular formula is C16H16N2O3. The van der Waals surface area contributed by atoms with Gasteiger partial charge < -0.3 is 10.0 Å². The van der Waals surface area contributed by atoms with Gasteiger partial charge in [0, 0.05) is 24.2 Å². The third-order valence-electron chi connectivity index (χ3n) is 4.21. The van der Waals surface area contributed by atoms with Crippen LogP contribution >= 0.6 is 0 Å². The van der Waals surface area contributed by atoms with Crippen LogP contribution in [0.3, 0.4) is 0 Å². The maximum absolute atomic E-state index is 12.7. The maximum atomic E-state index is 12.7. The Morgan fingerprint density at radius 1 is 1.29 bits per heavy atom. The molecule has 0 spiro atoms. The molecule has 1 aromatic carbocycles. The number of rotatable bonds is 2. The van der Waals surface area contributed by atoms with Gasteiger partial charge in [-0.25, -0.2) is 0 Å². The summed E-state index contributed by atoms with van der Waals surface area (Å²) in [5, 5.41) is 9.98. The Bertz CT molecular complexity index is 708. The van der Waals surface area contributed by atoms with E-state index in [2.05, 4.69) is 4.98 Å². The highest BCUT2D eigenvalue weighted by Crippen LogP contribution is 2.27. The monoisotopic (exact) mass is 284 g/mol. The molecule has 1 N–H and O–H groups in total. The molecule has 0 radical (unpaired) electrons. The van der Waals surface area contributed by atoms with E-state index in [1.54, 1.807) is 24.1 Å². The fourth-order valence-electron chi connectivity index (χ4n) is 2.99. The van der Waals surface area contributed by atoms with Crippen LogP contribution in [0.5, 0.6) is 0 Å². The number of carboxylic acid groups (broad SMARTS) is 1. The second kappa shape index (κ2) is 5.16. The molecule has 0 saturated carbocycles. The first-order valence-electron chi connectivity index (χ1n) is 6.97. The number of nitrogens with zero attached hydrogens (tertiary/aromatic N) is 2. The Hall–Kier alpha value is -2.43. The Labute approximate surface area is 122 Å². The van der Waals surface area contributed by atoms with Crippen LogP contribution in [0.4, 0.5) is 0 Å². The van der Waals surface area contributed by atoms with Crippen LogP contribution in [0.25, 0.3) is 10.9 Å². The summed E-state index contributed by atoms with van der Waals surface area (Å²) >= 11 is 0. The minimum atomic E-state index is -0.836. The summed E-state index contributed by atoms with van der Waals surface area (Å²) < 4.78 is 0. The minimum absolute atomic E-state index is 0.121. The molecule has 3 rings (SSSR count). The van der Waals surface area contributed by atoms with Crippen LogP contribution in [0.2, 0.25) is 0 Å². The number of aliphatic carboxylic acids is 1. The highest BCUT2D eigenvalue weighted by molar-refractivity contribution is 6.06. The molecule has 2 atom stereocenters. The number of carbonyl (C=O) groups excluding carboxylic acids is 1. The van der Waals surface area contributed by atoms with Crippen molar-refractivity contribution in [2.45, 2.75) is 19.4 Å². The summed E-state index contributed by atoms with van der Waals surface area (Å²) in [7, 11) is 0. The number of benzene rings is 1. The van der Waals surface area contributed by atoms with Crippen molar-refractivity contribution in [1.82, 2.24) is 9.88 Å². The SMILES string of the molecule is CC1C(C(=O)O)CCN1C(=O)c1ccnc2ccccc12. The lowest BCUT2D eigenvalue weighted by atomic mass is 10.0. The fraction of sp³-hybridized carbons (Fsp3) is 0.312. The average Bonchev–Trinajstić information content (AvgIpc) is 2.88. The Balaban J connectivity index is 1.97. The van der Waals surface area contributed by atoms with Crippen molar-refractivity contribution in [3.05, 3.63) is 42.1 Å². The smallest absolute Gasteiger partial charge is 0.308 e. The average molecular weight is 284 g/mol. The van der Waals surface area contributed by atoms with E-state index in [-0.39, 0.29) is 11.9 Å². The Kier molecular flexibility index (Phi) is 3.33. The number of hydrogen-bond donors (Lipinski definition) is 1. The third kappa shape index (κ3) is 2.24. The van der Waals surface area contributed by atoms with E-state index in [0.717, 1.165) is 10.9 Å². The van der Waals surface area contributed by atoms with Crippen LogP contribution in [0, 0.1) is 5.92 Å². The number of carbonyl (C=O) groups is 2. The van der Waals surface area contributed by atoms with E-state index in [4.69, 9.17) is 0 Å². The fourth-order valence-corrected chi connectivity index (χ4v) is 2.99. The van der Waals surface area contributed by atoms with Crippen LogP contribution in [0.1, 0.15) is 23.7 Å². The zero-order valence-electron chi connectivity index (χ0n) is 11.7. The minimum Gasteiger partial charge on any atom is -0.481 e. The summed E-state index contributed by atoms with van der Waals surface area (Å²) in [6, 6.07) is 8.88. The zero-order valence-corrected chi connectivity index (χ0v) is 11.7. The maximum Gasteiger partial charge on any atom is 0.308 e. The molecule has 2 aromatic rings. The largest absolute Gasteiger partial charge is 0.481 e. The molecule has 5 heteroatoms. The van der Waals surface area contributed by atoms with Crippen molar-refractivity contribution in [3.63, 3.8) is 0 Å². The number of carboxylic acids is 1. The van der Waals surface area contributed by atoms with Crippen molar-refractivity contribution in [3.8, 4) is 0 Å². The predicted octanol–water partition coefficient (Wildman–Crippen LogP) is 2.17. The predicted molar refractivity (Wildman–Crippen MR) is 78.0 cm³/mol. The second-order valence-corrected chi connectivity index (χ2v) is 5.35. The number of hydrogen-bond acceptors (Lipinski definition) is 3. The lowest BCUT2D eigenvalue weighted by Crippen LogP contribution is -2.37. The van der Waals surface area contributed by atoms with Crippen molar-refractivity contribution >= 4 is 22.8 Å². The van der Waals surface area contributed by atoms with Gasteiger partial charge in [0.1, 0.15) is 0 Å². The standard InChI is InChI=1S/C16H16N2O3/c1-10-11(16(20)21)7-9-18(10)15(19)13-6-8-17-14-5-3-2-4-12(13)14/h2-6,8,10-11H,7,9H2,1H3,(H,20,21). The molecule has 1 fully saturated rings. The van der Waals surface area contributed by atoms with Gasteiger partial charge >= 0.3 is 5.97 Å². The second-order valence-electron chi connectivity index (χ2n) is 5.35. The molecule has 108 valence electrons. The molecule has 0 aliphatic carbocycles. The number of para-hydroxylation sites is 1. The number of aromatic nitrogens is 1. The quantitative estimate of drug-likeness (QED) is 0.917. The highest BCUT2D eigenvalue weighted by Gasteiger charge is 2.38. The van der Waals surface area contributed by atoms with Crippen molar-refractivity contribution in [2.75, 3.05) is 6.54 Å². The van der Waals surface area contributed by atoms with E-state index in [9.17, 15) is 14.7 Å². The first-order valence-corrected chi connectivity index (χ1v) is 6.97. The van der Waals surface area contributed by atoms with Gasteiger partial charge in [-0.3, -0.25) is 14.6 Å². The molecule has 2 heterocycles. The summed E-state index contributed by atoms with van der Waals surface area (Å²) in [5.41, 5.74) is 1.35. The van der Waals surface area contributed by atoms with E-state index in [1.807, 2.05) is 24.3 Å². The third-order valence-corrected chi connectivity index (χ3v) is 4.21. The number of pyridine rings is 1. The van der Waals surface area contributed by atoms with E-state index >= 15 is 0 Å². The molecule has 21 heavy (non-hydrogen) atoms. The van der Waals surface area contributed by atoms with Gasteiger partial charge in [-0.05, 0) is 25.5 Å². The molecule has 5 nitrogen and oxygen atoms in total. The van der Waals surface area contributed by atoms with Gasteiger partial charge in [0.15, 0.2) is 0 Å². The molecule has 1 aliphatic rings. The molecule has 1 saturated heterocycles. The van der Waals surface area contributed by atoms with Crippen molar-refractivity contribution < 1.29 is 14.7 Å². The topological polar surface area (TPSA) is 70.5 Å². The molecule has 1 aliphatic heterocycles. The molecule has 1 amide bonds. The van der Waals surface area contributed by atoms with E-state index < -0.39 is 11.9 Å². The van der Waals surface area contributed by atoms with E-state index in [0.29, 0.717) is 18.5 Å². The molecule has 0 bridgehead atoms. The lowest BCUT2D eigenvalue weighted by Gasteiger charge is -2.23. The van der Waals surface area contributed by atoms with Gasteiger partial charge in [-0.2, -0.15) is 0 Å². The first kappa shape index (κ1) is 13.5. The Morgan fingerprint density at radius 2 is 2.05 bits per heavy atom. The van der Waals surface area contributed by atoms with Crippen LogP contribution in [-0.2, 0) is 4.79 Å². The number of fused-ring (bicyclic) bond motifs is 1. The number of amides is 1. The van der Waals surface area contributed by atoms with Gasteiger partial charge in [0.2, 0.25) is 0 Å². The summed E-state index contributed by atoms with van der Waals surface area (Å²) in [5.74, 6) is -1.44. The highest BCUT2D eigenvalue weighted by atomic mass is 16.4.